The molecule has 11 atom stereocenters. The summed E-state index contributed by atoms with van der Waals surface area (Å²) in [5.74, 6) is 0.523. The number of aliphatic carboxylic acids is 1. The van der Waals surface area contributed by atoms with Crippen molar-refractivity contribution < 1.29 is 29.3 Å². The predicted molar refractivity (Wildman–Crippen MR) is 116 cm³/mol. The quantitative estimate of drug-likeness (QED) is 0.593. The first-order valence-corrected chi connectivity index (χ1v) is 12.8. The second kappa shape index (κ2) is 6.50. The molecule has 2 N–H and O–H groups in total. The number of ether oxygens (including phenoxy) is 2. The zero-order chi connectivity index (χ0) is 22.7. The Balaban J connectivity index is 1.36. The van der Waals surface area contributed by atoms with Crippen molar-refractivity contribution in [3.63, 3.8) is 0 Å². The first-order valence-electron chi connectivity index (χ1n) is 12.8. The second-order valence-corrected chi connectivity index (χ2v) is 12.8. The van der Waals surface area contributed by atoms with Crippen LogP contribution in [0.2, 0.25) is 0 Å². The molecule has 2 bridgehead atoms. The molecule has 0 aromatic heterocycles. The lowest BCUT2D eigenvalue weighted by Gasteiger charge is -2.66. The van der Waals surface area contributed by atoms with Gasteiger partial charge in [-0.1, -0.05) is 20.3 Å². The molecule has 6 heteroatoms. The van der Waals surface area contributed by atoms with Crippen LogP contribution in [0.25, 0.3) is 0 Å². The minimum Gasteiger partial charge on any atom is -0.481 e. The maximum Gasteiger partial charge on any atom is 0.309 e. The number of hydrogen-bond acceptors (Lipinski definition) is 5. The summed E-state index contributed by atoms with van der Waals surface area (Å²) in [6.07, 6.45) is 7.62. The van der Waals surface area contributed by atoms with Crippen molar-refractivity contribution in [1.29, 1.82) is 0 Å². The summed E-state index contributed by atoms with van der Waals surface area (Å²) in [5.41, 5.74) is -1.40. The van der Waals surface area contributed by atoms with Crippen molar-refractivity contribution in [1.82, 2.24) is 0 Å². The number of aliphatic hydroxyl groups is 1. The van der Waals surface area contributed by atoms with Crippen LogP contribution in [0.4, 0.5) is 0 Å². The lowest BCUT2D eigenvalue weighted by atomic mass is 9.38. The number of carbonyl (C=O) groups excluding carboxylic acids is 1. The topological polar surface area (TPSA) is 93.1 Å². The highest BCUT2D eigenvalue weighted by Crippen LogP contribution is 2.71. The average molecular weight is 447 g/mol. The van der Waals surface area contributed by atoms with Gasteiger partial charge in [-0.15, -0.1) is 0 Å². The van der Waals surface area contributed by atoms with Crippen molar-refractivity contribution in [2.24, 2.45) is 39.9 Å². The minimum absolute atomic E-state index is 0.0216. The van der Waals surface area contributed by atoms with Gasteiger partial charge in [0.15, 0.2) is 0 Å². The number of carbonyl (C=O) groups is 2. The standard InChI is InChI=1S/C26H38O6/c1-23-10-7-18-24(2,8-4-9-25(18,3)22(29)30)17(23)6-5-14-15(23)11-19(27)26-13-21(28)31-20(26)12-16(14)32-26/h14-20,27H,4-13H2,1-3H3,(H,29,30)/t14-,15+,16-,17?,18?,19+,20+,23-,24+,25-,26-/m0/s1. The van der Waals surface area contributed by atoms with Gasteiger partial charge in [0.2, 0.25) is 0 Å². The molecule has 178 valence electrons. The van der Waals surface area contributed by atoms with Crippen LogP contribution < -0.4 is 0 Å². The molecular formula is C26H38O6. The third-order valence-corrected chi connectivity index (χ3v) is 11.8. The highest BCUT2D eigenvalue weighted by molar-refractivity contribution is 5.75. The Morgan fingerprint density at radius 2 is 1.78 bits per heavy atom. The molecule has 3 heterocycles. The van der Waals surface area contributed by atoms with Gasteiger partial charge in [-0.25, -0.2) is 0 Å². The number of hydrogen-bond donors (Lipinski definition) is 2. The van der Waals surface area contributed by atoms with E-state index in [-0.39, 0.29) is 41.3 Å². The van der Waals surface area contributed by atoms with E-state index in [1.54, 1.807) is 0 Å². The summed E-state index contributed by atoms with van der Waals surface area (Å²) < 4.78 is 12.1. The summed E-state index contributed by atoms with van der Waals surface area (Å²) in [6, 6.07) is 0. The lowest BCUT2D eigenvalue weighted by Crippen LogP contribution is -2.62. The average Bonchev–Trinajstić information content (AvgIpc) is 3.17. The van der Waals surface area contributed by atoms with E-state index >= 15 is 0 Å². The molecule has 0 aromatic rings. The number of rotatable bonds is 1. The Hall–Kier alpha value is -1.14. The van der Waals surface area contributed by atoms with Gasteiger partial charge in [0.1, 0.15) is 11.7 Å². The van der Waals surface area contributed by atoms with E-state index in [4.69, 9.17) is 9.47 Å². The smallest absolute Gasteiger partial charge is 0.309 e. The number of carboxylic acids is 1. The van der Waals surface area contributed by atoms with Gasteiger partial charge in [0.25, 0.3) is 0 Å². The fourth-order valence-electron chi connectivity index (χ4n) is 10.3. The van der Waals surface area contributed by atoms with Crippen molar-refractivity contribution >= 4 is 11.9 Å². The number of carboxylic acid groups (broad SMARTS) is 1. The molecular weight excluding hydrogens is 408 g/mol. The van der Waals surface area contributed by atoms with Gasteiger partial charge in [-0.2, -0.15) is 0 Å². The van der Waals surface area contributed by atoms with Crippen molar-refractivity contribution in [3.8, 4) is 0 Å². The van der Waals surface area contributed by atoms with E-state index in [9.17, 15) is 19.8 Å². The second-order valence-electron chi connectivity index (χ2n) is 12.8. The van der Waals surface area contributed by atoms with Crippen LogP contribution in [0.1, 0.15) is 85.0 Å². The van der Waals surface area contributed by atoms with Gasteiger partial charge in [0.05, 0.1) is 24.0 Å². The van der Waals surface area contributed by atoms with Gasteiger partial charge in [0, 0.05) is 6.42 Å². The Bertz CT molecular complexity index is 857. The molecule has 3 aliphatic heterocycles. The van der Waals surface area contributed by atoms with Crippen LogP contribution in [-0.2, 0) is 19.1 Å². The van der Waals surface area contributed by atoms with Crippen LogP contribution in [0.15, 0.2) is 0 Å². The summed E-state index contributed by atoms with van der Waals surface area (Å²) in [4.78, 5) is 24.4. The monoisotopic (exact) mass is 446 g/mol. The first-order chi connectivity index (χ1) is 15.0. The Labute approximate surface area is 190 Å². The molecule has 6 nitrogen and oxygen atoms in total. The molecule has 6 rings (SSSR count). The molecule has 1 spiro atoms. The minimum atomic E-state index is -0.848. The molecule has 0 radical (unpaired) electrons. The highest BCUT2D eigenvalue weighted by Gasteiger charge is 2.70. The summed E-state index contributed by atoms with van der Waals surface area (Å²) in [5, 5.41) is 21.6. The molecule has 32 heavy (non-hydrogen) atoms. The van der Waals surface area contributed by atoms with E-state index in [1.807, 2.05) is 6.92 Å². The SMILES string of the molecule is C[C@]12CCC[C@](C)(C(=O)O)C1CC[C@]1(C)C2CC[C@@H]2[C@@H]3C[C@H]4OC(=O)C[C@]4(O3)[C@H](O)C[C@H]21. The highest BCUT2D eigenvalue weighted by atomic mass is 16.6. The van der Waals surface area contributed by atoms with E-state index < -0.39 is 23.1 Å². The van der Waals surface area contributed by atoms with Crippen LogP contribution in [0, 0.1) is 39.9 Å². The molecule has 6 aliphatic rings. The molecule has 0 amide bonds. The maximum absolute atomic E-state index is 12.4. The Kier molecular flexibility index (Phi) is 4.35. The van der Waals surface area contributed by atoms with E-state index in [0.717, 1.165) is 44.9 Å². The molecule has 3 saturated carbocycles. The Morgan fingerprint density at radius 3 is 2.53 bits per heavy atom. The summed E-state index contributed by atoms with van der Waals surface area (Å²) >= 11 is 0. The van der Waals surface area contributed by atoms with Crippen LogP contribution in [-0.4, -0.2) is 46.1 Å². The maximum atomic E-state index is 12.4. The van der Waals surface area contributed by atoms with Crippen molar-refractivity contribution in [3.05, 3.63) is 0 Å². The molecule has 3 saturated heterocycles. The number of fused-ring (bicyclic) bond motifs is 7. The van der Waals surface area contributed by atoms with Crippen molar-refractivity contribution in [2.75, 3.05) is 0 Å². The third-order valence-electron chi connectivity index (χ3n) is 11.8. The largest absolute Gasteiger partial charge is 0.481 e. The number of aliphatic hydroxyl groups excluding tert-OH is 1. The summed E-state index contributed by atoms with van der Waals surface area (Å²) in [7, 11) is 0. The van der Waals surface area contributed by atoms with E-state index in [2.05, 4.69) is 13.8 Å². The zero-order valence-electron chi connectivity index (χ0n) is 19.6. The summed E-state index contributed by atoms with van der Waals surface area (Å²) in [6.45, 7) is 6.80. The molecule has 0 aromatic carbocycles. The Morgan fingerprint density at radius 1 is 1.00 bits per heavy atom. The normalized spacial score (nSPS) is 58.6. The fourth-order valence-corrected chi connectivity index (χ4v) is 10.3. The van der Waals surface area contributed by atoms with Gasteiger partial charge in [-0.05, 0) is 86.4 Å². The van der Waals surface area contributed by atoms with Gasteiger partial charge in [-0.3, -0.25) is 9.59 Å². The van der Waals surface area contributed by atoms with Gasteiger partial charge < -0.3 is 19.7 Å². The van der Waals surface area contributed by atoms with Crippen LogP contribution >= 0.6 is 0 Å². The lowest BCUT2D eigenvalue weighted by molar-refractivity contribution is -0.198. The fraction of sp³-hybridized carbons (Fsp3) is 0.923. The zero-order valence-corrected chi connectivity index (χ0v) is 19.6. The predicted octanol–water partition coefficient (Wildman–Crippen LogP) is 3.93. The van der Waals surface area contributed by atoms with Crippen LogP contribution in [0.5, 0.6) is 0 Å². The van der Waals surface area contributed by atoms with Crippen molar-refractivity contribution in [2.45, 2.75) is 109 Å². The van der Waals surface area contributed by atoms with Crippen LogP contribution in [0.3, 0.4) is 0 Å². The molecule has 2 unspecified atom stereocenters. The van der Waals surface area contributed by atoms with Gasteiger partial charge >= 0.3 is 11.9 Å². The van der Waals surface area contributed by atoms with E-state index in [0.29, 0.717) is 30.6 Å². The van der Waals surface area contributed by atoms with E-state index in [1.165, 1.54) is 0 Å². The first kappa shape index (κ1) is 21.4. The molecule has 6 fully saturated rings. The number of esters is 1. The molecule has 3 aliphatic carbocycles. The third kappa shape index (κ3) is 2.44.